The average molecular weight is 228 g/mol. The van der Waals surface area contributed by atoms with Crippen LogP contribution in [-0.2, 0) is 5.41 Å². The Morgan fingerprint density at radius 1 is 0.706 bits per heavy atom. The summed E-state index contributed by atoms with van der Waals surface area (Å²) in [5, 5.41) is 0. The molecule has 0 amide bonds. The van der Waals surface area contributed by atoms with Crippen LogP contribution in [0.4, 0.5) is 0 Å². The second-order valence-electron chi connectivity index (χ2n) is 5.88. The summed E-state index contributed by atoms with van der Waals surface area (Å²) in [6, 6.07) is 0. The molecule has 1 aliphatic rings. The first-order valence-electron chi connectivity index (χ1n) is 6.25. The number of fused-ring (bicyclic) bond motifs is 3. The zero-order valence-corrected chi connectivity index (χ0v) is 11.5. The highest BCUT2D eigenvalue weighted by Gasteiger charge is 2.41. The number of H-pyrrole nitrogens is 2. The van der Waals surface area contributed by atoms with Gasteiger partial charge in [-0.15, -0.1) is 0 Å². The van der Waals surface area contributed by atoms with E-state index in [1.54, 1.807) is 0 Å². The van der Waals surface area contributed by atoms with Crippen LogP contribution in [0.5, 0.6) is 0 Å². The number of hydrogen-bond donors (Lipinski definition) is 2. The fourth-order valence-corrected chi connectivity index (χ4v) is 3.50. The molecule has 3 rings (SSSR count). The van der Waals surface area contributed by atoms with Gasteiger partial charge in [0.2, 0.25) is 0 Å². The number of aromatic nitrogens is 2. The molecule has 2 N–H and O–H groups in total. The molecule has 0 bridgehead atoms. The lowest BCUT2D eigenvalue weighted by molar-refractivity contribution is 0.653. The number of hydrogen-bond acceptors (Lipinski definition) is 0. The van der Waals surface area contributed by atoms with Gasteiger partial charge in [0.05, 0.1) is 11.4 Å². The third-order valence-electron chi connectivity index (χ3n) is 4.50. The van der Waals surface area contributed by atoms with Crippen molar-refractivity contribution in [2.45, 2.75) is 47.0 Å². The molecular weight excluding hydrogens is 208 g/mol. The molecule has 0 aromatic carbocycles. The van der Waals surface area contributed by atoms with E-state index < -0.39 is 0 Å². The van der Waals surface area contributed by atoms with Crippen LogP contribution in [-0.4, -0.2) is 9.97 Å². The molecule has 2 aromatic rings. The quantitative estimate of drug-likeness (QED) is 0.685. The lowest BCUT2D eigenvalue weighted by Gasteiger charge is -2.22. The fourth-order valence-electron chi connectivity index (χ4n) is 3.50. The van der Waals surface area contributed by atoms with Crippen molar-refractivity contribution in [3.05, 3.63) is 33.6 Å². The van der Waals surface area contributed by atoms with E-state index in [0.29, 0.717) is 0 Å². The van der Waals surface area contributed by atoms with Crippen LogP contribution in [0.1, 0.15) is 47.5 Å². The number of nitrogens with one attached hydrogen (secondary N) is 2. The number of aryl methyl sites for hydroxylation is 2. The Balaban J connectivity index is 2.44. The molecule has 2 aromatic heterocycles. The highest BCUT2D eigenvalue weighted by molar-refractivity contribution is 5.80. The minimum Gasteiger partial charge on any atom is -0.357 e. The first-order valence-corrected chi connectivity index (χ1v) is 6.25. The summed E-state index contributed by atoms with van der Waals surface area (Å²) in [6.45, 7) is 13.4. The van der Waals surface area contributed by atoms with Crippen LogP contribution in [0, 0.1) is 27.7 Å². The molecule has 0 spiro atoms. The van der Waals surface area contributed by atoms with Gasteiger partial charge in [0.25, 0.3) is 0 Å². The number of rotatable bonds is 0. The van der Waals surface area contributed by atoms with Gasteiger partial charge in [-0.3, -0.25) is 0 Å². The van der Waals surface area contributed by atoms with Gasteiger partial charge in [-0.05, 0) is 49.9 Å². The minimum atomic E-state index is 0.119. The van der Waals surface area contributed by atoms with E-state index in [-0.39, 0.29) is 5.41 Å². The van der Waals surface area contributed by atoms with Crippen LogP contribution in [0.15, 0.2) is 0 Å². The molecule has 0 saturated heterocycles. The fraction of sp³-hybridized carbons (Fsp3) is 0.467. The van der Waals surface area contributed by atoms with Crippen molar-refractivity contribution < 1.29 is 0 Å². The summed E-state index contributed by atoms with van der Waals surface area (Å²) < 4.78 is 0. The van der Waals surface area contributed by atoms with E-state index in [9.17, 15) is 0 Å². The molecule has 0 saturated carbocycles. The highest BCUT2D eigenvalue weighted by Crippen LogP contribution is 2.51. The Bertz CT molecular complexity index is 570. The van der Waals surface area contributed by atoms with Crippen molar-refractivity contribution in [3.63, 3.8) is 0 Å². The summed E-state index contributed by atoms with van der Waals surface area (Å²) in [5.41, 5.74) is 11.1. The van der Waals surface area contributed by atoms with Gasteiger partial charge < -0.3 is 9.97 Å². The van der Waals surface area contributed by atoms with Crippen molar-refractivity contribution in [2.24, 2.45) is 0 Å². The third-order valence-corrected chi connectivity index (χ3v) is 4.50. The molecule has 17 heavy (non-hydrogen) atoms. The second-order valence-corrected chi connectivity index (χ2v) is 5.88. The summed E-state index contributed by atoms with van der Waals surface area (Å²) in [4.78, 5) is 7.09. The predicted molar refractivity (Wildman–Crippen MR) is 71.7 cm³/mol. The molecule has 90 valence electrons. The van der Waals surface area contributed by atoms with Crippen LogP contribution in [0.2, 0.25) is 0 Å². The van der Waals surface area contributed by atoms with Gasteiger partial charge in [-0.2, -0.15) is 0 Å². The second kappa shape index (κ2) is 2.87. The van der Waals surface area contributed by atoms with Crippen molar-refractivity contribution in [1.82, 2.24) is 9.97 Å². The Morgan fingerprint density at radius 2 is 1.06 bits per heavy atom. The first-order chi connectivity index (χ1) is 7.85. The van der Waals surface area contributed by atoms with Gasteiger partial charge in [-0.25, -0.2) is 0 Å². The Labute approximate surface area is 102 Å². The Kier molecular flexibility index (Phi) is 1.80. The molecule has 2 heteroatoms. The predicted octanol–water partition coefficient (Wildman–Crippen LogP) is 3.88. The zero-order valence-electron chi connectivity index (χ0n) is 11.5. The smallest absolute Gasteiger partial charge is 0.0669 e. The molecule has 1 aliphatic carbocycles. The molecule has 0 radical (unpaired) electrons. The normalized spacial score (nSPS) is 16.1. The van der Waals surface area contributed by atoms with Gasteiger partial charge >= 0.3 is 0 Å². The van der Waals surface area contributed by atoms with E-state index in [2.05, 4.69) is 51.5 Å². The average Bonchev–Trinajstić information content (AvgIpc) is 2.75. The topological polar surface area (TPSA) is 31.6 Å². The van der Waals surface area contributed by atoms with Crippen molar-refractivity contribution in [1.29, 1.82) is 0 Å². The molecular formula is C15H20N2. The minimum absolute atomic E-state index is 0.119. The number of aromatic amines is 2. The van der Waals surface area contributed by atoms with Crippen molar-refractivity contribution in [3.8, 4) is 11.4 Å². The van der Waals surface area contributed by atoms with Crippen LogP contribution < -0.4 is 0 Å². The summed E-state index contributed by atoms with van der Waals surface area (Å²) in [5.74, 6) is 0. The SMILES string of the molecule is Cc1[nH]c2c(c1C)C(C)(C)c1c-2[nH]c(C)c1C. The maximum absolute atomic E-state index is 3.55. The monoisotopic (exact) mass is 228 g/mol. The van der Waals surface area contributed by atoms with Crippen LogP contribution in [0.3, 0.4) is 0 Å². The van der Waals surface area contributed by atoms with E-state index >= 15 is 0 Å². The van der Waals surface area contributed by atoms with Crippen molar-refractivity contribution >= 4 is 0 Å². The third kappa shape index (κ3) is 1.06. The lowest BCUT2D eigenvalue weighted by Crippen LogP contribution is -2.16. The van der Waals surface area contributed by atoms with E-state index in [1.165, 1.54) is 45.0 Å². The van der Waals surface area contributed by atoms with E-state index in [0.717, 1.165) is 0 Å². The molecule has 2 heterocycles. The van der Waals surface area contributed by atoms with Crippen LogP contribution in [0.25, 0.3) is 11.4 Å². The Morgan fingerprint density at radius 3 is 1.41 bits per heavy atom. The maximum atomic E-state index is 3.55. The lowest BCUT2D eigenvalue weighted by atomic mass is 9.80. The van der Waals surface area contributed by atoms with Gasteiger partial charge in [0.15, 0.2) is 0 Å². The van der Waals surface area contributed by atoms with Gasteiger partial charge in [-0.1, -0.05) is 13.8 Å². The van der Waals surface area contributed by atoms with Gasteiger partial charge in [0.1, 0.15) is 0 Å². The van der Waals surface area contributed by atoms with E-state index in [1.807, 2.05) is 0 Å². The molecule has 0 fully saturated rings. The van der Waals surface area contributed by atoms with E-state index in [4.69, 9.17) is 0 Å². The molecule has 0 aliphatic heterocycles. The Hall–Kier alpha value is -1.44. The van der Waals surface area contributed by atoms with Crippen LogP contribution >= 0.6 is 0 Å². The maximum Gasteiger partial charge on any atom is 0.0669 e. The summed E-state index contributed by atoms with van der Waals surface area (Å²) in [6.07, 6.45) is 0. The molecule has 0 atom stereocenters. The molecule has 0 unspecified atom stereocenters. The zero-order chi connectivity index (χ0) is 12.5. The van der Waals surface area contributed by atoms with Gasteiger partial charge in [0, 0.05) is 16.8 Å². The largest absolute Gasteiger partial charge is 0.357 e. The first kappa shape index (κ1) is 10.7. The highest BCUT2D eigenvalue weighted by atomic mass is 14.9. The molecule has 2 nitrogen and oxygen atoms in total. The standard InChI is InChI=1S/C15H20N2/c1-7-9(3)16-13-11(7)15(5,6)12-8(2)10(4)17-14(12)13/h16-17H,1-6H3. The summed E-state index contributed by atoms with van der Waals surface area (Å²) >= 11 is 0. The van der Waals surface area contributed by atoms with Crippen molar-refractivity contribution in [2.75, 3.05) is 0 Å². The summed E-state index contributed by atoms with van der Waals surface area (Å²) in [7, 11) is 0.